The number of nitriles is 1. The molecule has 1 fully saturated rings. The number of nitrogens with zero attached hydrogens (tertiary/aromatic N) is 2. The SMILES string of the molecule is N#Cc1ccc2nc(-c3ccc(-c4ccc(C5CCCCC5)cc4)cc3)[nH]c2c1. The zero-order valence-electron chi connectivity index (χ0n) is 16.4. The molecule has 142 valence electrons. The molecule has 0 spiro atoms. The molecule has 3 heteroatoms. The maximum absolute atomic E-state index is 9.07. The van der Waals surface area contributed by atoms with E-state index >= 15 is 0 Å². The lowest BCUT2D eigenvalue weighted by atomic mass is 9.84. The van der Waals surface area contributed by atoms with E-state index in [0.717, 1.165) is 28.3 Å². The summed E-state index contributed by atoms with van der Waals surface area (Å²) in [6, 6.07) is 25.3. The lowest BCUT2D eigenvalue weighted by Crippen LogP contribution is -2.04. The van der Waals surface area contributed by atoms with Gasteiger partial charge in [-0.1, -0.05) is 67.8 Å². The second-order valence-electron chi connectivity index (χ2n) is 7.96. The van der Waals surface area contributed by atoms with Gasteiger partial charge in [0.2, 0.25) is 0 Å². The normalized spacial score (nSPS) is 14.7. The van der Waals surface area contributed by atoms with Crippen LogP contribution in [0.2, 0.25) is 0 Å². The van der Waals surface area contributed by atoms with Crippen molar-refractivity contribution in [3.8, 4) is 28.6 Å². The highest BCUT2D eigenvalue weighted by atomic mass is 14.9. The zero-order chi connectivity index (χ0) is 19.6. The van der Waals surface area contributed by atoms with Crippen LogP contribution in [-0.4, -0.2) is 9.97 Å². The van der Waals surface area contributed by atoms with Crippen molar-refractivity contribution in [1.29, 1.82) is 5.26 Å². The maximum Gasteiger partial charge on any atom is 0.138 e. The summed E-state index contributed by atoms with van der Waals surface area (Å²) < 4.78 is 0. The van der Waals surface area contributed by atoms with Crippen LogP contribution in [-0.2, 0) is 0 Å². The predicted octanol–water partition coefficient (Wildman–Crippen LogP) is 6.82. The van der Waals surface area contributed by atoms with E-state index in [1.807, 2.05) is 12.1 Å². The van der Waals surface area contributed by atoms with E-state index in [0.29, 0.717) is 5.56 Å². The first-order valence-electron chi connectivity index (χ1n) is 10.4. The molecule has 0 bridgehead atoms. The number of benzene rings is 3. The van der Waals surface area contributed by atoms with Gasteiger partial charge in [-0.05, 0) is 53.6 Å². The largest absolute Gasteiger partial charge is 0.338 e. The van der Waals surface area contributed by atoms with Crippen LogP contribution >= 0.6 is 0 Å². The van der Waals surface area contributed by atoms with Crippen molar-refractivity contribution in [2.75, 3.05) is 0 Å². The van der Waals surface area contributed by atoms with E-state index in [1.165, 1.54) is 48.8 Å². The third kappa shape index (κ3) is 3.54. The van der Waals surface area contributed by atoms with Gasteiger partial charge in [0.05, 0.1) is 22.7 Å². The van der Waals surface area contributed by atoms with Gasteiger partial charge in [0.25, 0.3) is 0 Å². The Morgan fingerprint density at radius 3 is 2.14 bits per heavy atom. The molecular weight excluding hydrogens is 354 g/mol. The molecule has 5 rings (SSSR count). The Morgan fingerprint density at radius 2 is 1.45 bits per heavy atom. The van der Waals surface area contributed by atoms with Crippen molar-refractivity contribution >= 4 is 11.0 Å². The minimum absolute atomic E-state index is 0.639. The summed E-state index contributed by atoms with van der Waals surface area (Å²) in [5.41, 5.74) is 7.40. The molecule has 29 heavy (non-hydrogen) atoms. The highest BCUT2D eigenvalue weighted by Gasteiger charge is 2.15. The first kappa shape index (κ1) is 17.7. The van der Waals surface area contributed by atoms with Gasteiger partial charge in [0.15, 0.2) is 0 Å². The van der Waals surface area contributed by atoms with Gasteiger partial charge in [-0.25, -0.2) is 4.98 Å². The number of H-pyrrole nitrogens is 1. The number of nitrogens with one attached hydrogen (secondary N) is 1. The van der Waals surface area contributed by atoms with Crippen molar-refractivity contribution in [2.45, 2.75) is 38.0 Å². The molecule has 0 aliphatic heterocycles. The summed E-state index contributed by atoms with van der Waals surface area (Å²) in [5.74, 6) is 1.57. The monoisotopic (exact) mass is 377 g/mol. The number of aromatic nitrogens is 2. The Morgan fingerprint density at radius 1 is 0.793 bits per heavy atom. The molecule has 0 atom stereocenters. The molecule has 1 aliphatic carbocycles. The molecule has 4 aromatic rings. The Labute approximate surface area is 171 Å². The fourth-order valence-electron chi connectivity index (χ4n) is 4.42. The van der Waals surface area contributed by atoms with Crippen LogP contribution in [0.15, 0.2) is 66.7 Å². The molecule has 0 amide bonds. The average Bonchev–Trinajstić information content (AvgIpc) is 3.23. The Hall–Kier alpha value is -3.38. The molecule has 0 radical (unpaired) electrons. The first-order valence-corrected chi connectivity index (χ1v) is 10.4. The molecule has 1 heterocycles. The van der Waals surface area contributed by atoms with Crippen LogP contribution in [0, 0.1) is 11.3 Å². The van der Waals surface area contributed by atoms with Crippen molar-refractivity contribution in [3.63, 3.8) is 0 Å². The van der Waals surface area contributed by atoms with Gasteiger partial charge >= 0.3 is 0 Å². The zero-order valence-corrected chi connectivity index (χ0v) is 16.4. The van der Waals surface area contributed by atoms with Crippen LogP contribution < -0.4 is 0 Å². The summed E-state index contributed by atoms with van der Waals surface area (Å²) in [6.45, 7) is 0. The number of fused-ring (bicyclic) bond motifs is 1. The fourth-order valence-corrected chi connectivity index (χ4v) is 4.42. The topological polar surface area (TPSA) is 52.5 Å². The van der Waals surface area contributed by atoms with Crippen LogP contribution in [0.4, 0.5) is 0 Å². The molecular formula is C26H23N3. The second-order valence-corrected chi connectivity index (χ2v) is 7.96. The number of aromatic amines is 1. The summed E-state index contributed by atoms with van der Waals surface area (Å²) >= 11 is 0. The summed E-state index contributed by atoms with van der Waals surface area (Å²) in [5, 5.41) is 9.07. The van der Waals surface area contributed by atoms with E-state index in [-0.39, 0.29) is 0 Å². The smallest absolute Gasteiger partial charge is 0.138 e. The quantitative estimate of drug-likeness (QED) is 0.426. The van der Waals surface area contributed by atoms with Crippen LogP contribution in [0.3, 0.4) is 0 Å². The summed E-state index contributed by atoms with van der Waals surface area (Å²) in [4.78, 5) is 7.99. The molecule has 1 aliphatic rings. The van der Waals surface area contributed by atoms with Gasteiger partial charge in [-0.15, -0.1) is 0 Å². The van der Waals surface area contributed by atoms with Crippen molar-refractivity contribution in [1.82, 2.24) is 9.97 Å². The summed E-state index contributed by atoms with van der Waals surface area (Å²) in [7, 11) is 0. The fraction of sp³-hybridized carbons (Fsp3) is 0.231. The lowest BCUT2D eigenvalue weighted by molar-refractivity contribution is 0.443. The van der Waals surface area contributed by atoms with Gasteiger partial charge in [0.1, 0.15) is 5.82 Å². The minimum atomic E-state index is 0.639. The first-order chi connectivity index (χ1) is 14.3. The van der Waals surface area contributed by atoms with Gasteiger partial charge < -0.3 is 4.98 Å². The number of hydrogen-bond acceptors (Lipinski definition) is 2. The Bertz CT molecular complexity index is 1170. The maximum atomic E-state index is 9.07. The van der Waals surface area contributed by atoms with E-state index in [2.05, 4.69) is 64.6 Å². The number of imidazole rings is 1. The Balaban J connectivity index is 1.38. The van der Waals surface area contributed by atoms with E-state index in [9.17, 15) is 0 Å². The molecule has 1 N–H and O–H groups in total. The molecule has 0 unspecified atom stereocenters. The standard InChI is InChI=1S/C26H23N3/c27-17-18-6-15-24-25(16-18)29-26(28-24)23-13-11-22(12-14-23)21-9-7-20(8-10-21)19-4-2-1-3-5-19/h6-16,19H,1-5H2,(H,28,29). The van der Waals surface area contributed by atoms with Crippen LogP contribution in [0.1, 0.15) is 49.1 Å². The van der Waals surface area contributed by atoms with Crippen LogP contribution in [0.25, 0.3) is 33.5 Å². The third-order valence-corrected chi connectivity index (χ3v) is 6.09. The third-order valence-electron chi connectivity index (χ3n) is 6.09. The molecule has 1 aromatic heterocycles. The summed E-state index contributed by atoms with van der Waals surface area (Å²) in [6.07, 6.45) is 6.80. The van der Waals surface area contributed by atoms with E-state index in [1.54, 1.807) is 6.07 Å². The van der Waals surface area contributed by atoms with Crippen molar-refractivity contribution < 1.29 is 0 Å². The van der Waals surface area contributed by atoms with Gasteiger partial charge in [0, 0.05) is 5.56 Å². The molecule has 3 nitrogen and oxygen atoms in total. The number of rotatable bonds is 3. The van der Waals surface area contributed by atoms with Gasteiger partial charge in [-0.2, -0.15) is 5.26 Å². The van der Waals surface area contributed by atoms with Crippen molar-refractivity contribution in [3.05, 3.63) is 77.9 Å². The lowest BCUT2D eigenvalue weighted by Gasteiger charge is -2.22. The van der Waals surface area contributed by atoms with Gasteiger partial charge in [-0.3, -0.25) is 0 Å². The number of hydrogen-bond donors (Lipinski definition) is 1. The van der Waals surface area contributed by atoms with Crippen LogP contribution in [0.5, 0.6) is 0 Å². The molecule has 3 aromatic carbocycles. The highest BCUT2D eigenvalue weighted by Crippen LogP contribution is 2.34. The average molecular weight is 377 g/mol. The predicted molar refractivity (Wildman–Crippen MR) is 118 cm³/mol. The Kier molecular flexibility index (Phi) is 4.62. The molecule has 1 saturated carbocycles. The highest BCUT2D eigenvalue weighted by molar-refractivity contribution is 5.81. The molecule has 0 saturated heterocycles. The minimum Gasteiger partial charge on any atom is -0.338 e. The van der Waals surface area contributed by atoms with E-state index < -0.39 is 0 Å². The second kappa shape index (κ2) is 7.56. The van der Waals surface area contributed by atoms with Crippen molar-refractivity contribution in [2.24, 2.45) is 0 Å². The van der Waals surface area contributed by atoms with E-state index in [4.69, 9.17) is 5.26 Å².